The lowest BCUT2D eigenvalue weighted by Crippen LogP contribution is -2.37. The first-order chi connectivity index (χ1) is 10.4. The monoisotopic (exact) mass is 338 g/mol. The molecule has 0 aliphatic carbocycles. The van der Waals surface area contributed by atoms with E-state index in [0.29, 0.717) is 10.0 Å². The van der Waals surface area contributed by atoms with Crippen LogP contribution in [0.3, 0.4) is 0 Å². The molecule has 0 bridgehead atoms. The molecule has 2 rings (SSSR count). The standard InChI is InChI=1S/C14H14N2O4S2/c1-8-12(18)16(14(21)22-8)7-11(17)15-10-6-4-3-5-9(10)13(19)20-2/h3-6,8H,7H2,1-2H3,(H,15,17). The van der Waals surface area contributed by atoms with Crippen molar-refractivity contribution in [1.82, 2.24) is 4.90 Å². The van der Waals surface area contributed by atoms with Gasteiger partial charge < -0.3 is 10.1 Å². The number of nitrogens with one attached hydrogen (secondary N) is 1. The number of thioether (sulfide) groups is 1. The van der Waals surface area contributed by atoms with E-state index in [2.05, 4.69) is 10.1 Å². The molecular formula is C14H14N2O4S2. The number of carbonyl (C=O) groups is 3. The highest BCUT2D eigenvalue weighted by Crippen LogP contribution is 2.26. The minimum atomic E-state index is -0.548. The molecule has 1 saturated heterocycles. The summed E-state index contributed by atoms with van der Waals surface area (Å²) >= 11 is 6.33. The second kappa shape index (κ2) is 6.89. The van der Waals surface area contributed by atoms with Crippen LogP contribution >= 0.6 is 24.0 Å². The lowest BCUT2D eigenvalue weighted by Gasteiger charge is -2.15. The van der Waals surface area contributed by atoms with Crippen molar-refractivity contribution in [3.05, 3.63) is 29.8 Å². The van der Waals surface area contributed by atoms with E-state index in [4.69, 9.17) is 12.2 Å². The molecule has 22 heavy (non-hydrogen) atoms. The number of hydrogen-bond acceptors (Lipinski definition) is 6. The van der Waals surface area contributed by atoms with Gasteiger partial charge in [0.25, 0.3) is 0 Å². The maximum atomic E-state index is 12.1. The zero-order valence-corrected chi connectivity index (χ0v) is 13.6. The van der Waals surface area contributed by atoms with Crippen molar-refractivity contribution >= 4 is 51.8 Å². The van der Waals surface area contributed by atoms with Crippen molar-refractivity contribution in [2.24, 2.45) is 0 Å². The summed E-state index contributed by atoms with van der Waals surface area (Å²) in [5, 5.41) is 2.33. The van der Waals surface area contributed by atoms with Gasteiger partial charge in [0.05, 0.1) is 23.6 Å². The molecule has 1 aliphatic rings. The fourth-order valence-corrected chi connectivity index (χ4v) is 3.33. The van der Waals surface area contributed by atoms with Gasteiger partial charge >= 0.3 is 5.97 Å². The molecule has 0 radical (unpaired) electrons. The molecule has 1 aromatic carbocycles. The predicted octanol–water partition coefficient (Wildman–Crippen LogP) is 1.66. The number of methoxy groups -OCH3 is 1. The average molecular weight is 338 g/mol. The molecule has 2 amide bonds. The summed E-state index contributed by atoms with van der Waals surface area (Å²) in [6.07, 6.45) is 0. The number of para-hydroxylation sites is 1. The summed E-state index contributed by atoms with van der Waals surface area (Å²) in [4.78, 5) is 36.9. The molecule has 1 unspecified atom stereocenters. The van der Waals surface area contributed by atoms with Gasteiger partial charge in [-0.3, -0.25) is 14.5 Å². The van der Waals surface area contributed by atoms with Crippen molar-refractivity contribution in [1.29, 1.82) is 0 Å². The van der Waals surface area contributed by atoms with E-state index in [1.807, 2.05) is 0 Å². The van der Waals surface area contributed by atoms with E-state index < -0.39 is 11.9 Å². The largest absolute Gasteiger partial charge is 0.465 e. The Balaban J connectivity index is 2.09. The molecule has 116 valence electrons. The number of thiocarbonyl (C=S) groups is 1. The number of hydrogen-bond donors (Lipinski definition) is 1. The summed E-state index contributed by atoms with van der Waals surface area (Å²) in [5.74, 6) is -1.17. The molecule has 1 aliphatic heterocycles. The summed E-state index contributed by atoms with van der Waals surface area (Å²) in [6.45, 7) is 1.56. The van der Waals surface area contributed by atoms with Crippen molar-refractivity contribution in [2.45, 2.75) is 12.2 Å². The van der Waals surface area contributed by atoms with E-state index in [0.717, 1.165) is 0 Å². The molecule has 0 spiro atoms. The topological polar surface area (TPSA) is 75.7 Å². The number of esters is 1. The Morgan fingerprint density at radius 2 is 2.09 bits per heavy atom. The van der Waals surface area contributed by atoms with Crippen LogP contribution in [-0.2, 0) is 14.3 Å². The zero-order valence-electron chi connectivity index (χ0n) is 12.0. The summed E-state index contributed by atoms with van der Waals surface area (Å²) in [7, 11) is 1.26. The highest BCUT2D eigenvalue weighted by molar-refractivity contribution is 8.24. The fraction of sp³-hybridized carbons (Fsp3) is 0.286. The van der Waals surface area contributed by atoms with Crippen LogP contribution in [0.2, 0.25) is 0 Å². The minimum absolute atomic E-state index is 0.176. The van der Waals surface area contributed by atoms with Gasteiger partial charge in [-0.05, 0) is 19.1 Å². The van der Waals surface area contributed by atoms with Gasteiger partial charge in [0.2, 0.25) is 11.8 Å². The van der Waals surface area contributed by atoms with E-state index in [1.54, 1.807) is 31.2 Å². The number of benzene rings is 1. The van der Waals surface area contributed by atoms with Crippen LogP contribution in [0.25, 0.3) is 0 Å². The Hall–Kier alpha value is -1.93. The highest BCUT2D eigenvalue weighted by Gasteiger charge is 2.34. The first-order valence-corrected chi connectivity index (χ1v) is 7.72. The Morgan fingerprint density at radius 1 is 1.41 bits per heavy atom. The second-order valence-corrected chi connectivity index (χ2v) is 6.51. The Bertz CT molecular complexity index is 647. The van der Waals surface area contributed by atoms with Crippen LogP contribution < -0.4 is 5.32 Å². The number of amides is 2. The first-order valence-electron chi connectivity index (χ1n) is 6.43. The van der Waals surface area contributed by atoms with Crippen LogP contribution in [-0.4, -0.2) is 45.9 Å². The molecule has 1 heterocycles. The highest BCUT2D eigenvalue weighted by atomic mass is 32.2. The normalized spacial score (nSPS) is 17.5. The van der Waals surface area contributed by atoms with E-state index >= 15 is 0 Å². The van der Waals surface area contributed by atoms with Gasteiger partial charge in [0.1, 0.15) is 10.9 Å². The number of nitrogens with zero attached hydrogens (tertiary/aromatic N) is 1. The average Bonchev–Trinajstić information content (AvgIpc) is 2.73. The summed E-state index contributed by atoms with van der Waals surface area (Å²) in [5.41, 5.74) is 0.578. The van der Waals surface area contributed by atoms with E-state index in [1.165, 1.54) is 23.8 Å². The third-order valence-corrected chi connectivity index (χ3v) is 4.51. The molecule has 1 atom stereocenters. The molecule has 6 nitrogen and oxygen atoms in total. The minimum Gasteiger partial charge on any atom is -0.465 e. The van der Waals surface area contributed by atoms with Crippen LogP contribution in [0.5, 0.6) is 0 Å². The zero-order chi connectivity index (χ0) is 16.3. The van der Waals surface area contributed by atoms with Crippen LogP contribution in [0.1, 0.15) is 17.3 Å². The van der Waals surface area contributed by atoms with Gasteiger partial charge in [0, 0.05) is 0 Å². The fourth-order valence-electron chi connectivity index (χ4n) is 1.93. The summed E-state index contributed by atoms with van der Waals surface area (Å²) < 4.78 is 5.04. The smallest absolute Gasteiger partial charge is 0.339 e. The Morgan fingerprint density at radius 3 is 2.68 bits per heavy atom. The third-order valence-electron chi connectivity index (χ3n) is 3.02. The van der Waals surface area contributed by atoms with Gasteiger partial charge in [-0.2, -0.15) is 0 Å². The molecule has 1 aromatic rings. The van der Waals surface area contributed by atoms with Gasteiger partial charge in [0.15, 0.2) is 0 Å². The SMILES string of the molecule is COC(=O)c1ccccc1NC(=O)CN1C(=O)C(C)SC1=S. The second-order valence-electron chi connectivity index (χ2n) is 4.54. The maximum Gasteiger partial charge on any atom is 0.339 e. The Kier molecular flexibility index (Phi) is 5.15. The van der Waals surface area contributed by atoms with Gasteiger partial charge in [-0.25, -0.2) is 4.79 Å². The van der Waals surface area contributed by atoms with E-state index in [-0.39, 0.29) is 23.3 Å². The quantitative estimate of drug-likeness (QED) is 0.665. The predicted molar refractivity (Wildman–Crippen MR) is 87.8 cm³/mol. The summed E-state index contributed by atoms with van der Waals surface area (Å²) in [6, 6.07) is 6.49. The molecule has 0 aromatic heterocycles. The molecule has 8 heteroatoms. The van der Waals surface area contributed by atoms with Crippen molar-refractivity contribution in [3.63, 3.8) is 0 Å². The number of ether oxygens (including phenoxy) is 1. The van der Waals surface area contributed by atoms with Crippen LogP contribution in [0, 0.1) is 0 Å². The van der Waals surface area contributed by atoms with Gasteiger partial charge in [-0.15, -0.1) is 0 Å². The number of anilines is 1. The first kappa shape index (κ1) is 16.4. The molecule has 1 fully saturated rings. The number of rotatable bonds is 4. The van der Waals surface area contributed by atoms with Crippen molar-refractivity contribution in [3.8, 4) is 0 Å². The molecule has 0 saturated carbocycles. The Labute approximate surface area is 137 Å². The van der Waals surface area contributed by atoms with Gasteiger partial charge in [-0.1, -0.05) is 36.1 Å². The van der Waals surface area contributed by atoms with Crippen LogP contribution in [0.15, 0.2) is 24.3 Å². The van der Waals surface area contributed by atoms with E-state index in [9.17, 15) is 14.4 Å². The maximum absolute atomic E-state index is 12.1. The lowest BCUT2D eigenvalue weighted by molar-refractivity contribution is -0.129. The molecular weight excluding hydrogens is 324 g/mol. The molecule has 1 N–H and O–H groups in total. The lowest BCUT2D eigenvalue weighted by atomic mass is 10.2. The third kappa shape index (κ3) is 3.45. The van der Waals surface area contributed by atoms with Crippen molar-refractivity contribution in [2.75, 3.05) is 19.0 Å². The van der Waals surface area contributed by atoms with Crippen LogP contribution in [0.4, 0.5) is 5.69 Å². The number of carbonyl (C=O) groups excluding carboxylic acids is 3. The van der Waals surface area contributed by atoms with Crippen molar-refractivity contribution < 1.29 is 19.1 Å².